The number of halogens is 2. The summed E-state index contributed by atoms with van der Waals surface area (Å²) in [6.07, 6.45) is -0.623. The molecule has 0 fully saturated rings. The van der Waals surface area contributed by atoms with Crippen molar-refractivity contribution in [3.63, 3.8) is 0 Å². The standard InChI is InChI=1S/C14H17F2N3O/c15-14(16)11-18(8-9-20)10-12-6-7-19(17-12)13-4-2-1-3-5-13/h1-7,14,20H,8-11H2. The second-order valence-corrected chi connectivity index (χ2v) is 4.44. The van der Waals surface area contributed by atoms with Gasteiger partial charge in [-0.05, 0) is 18.2 Å². The molecular weight excluding hydrogens is 264 g/mol. The van der Waals surface area contributed by atoms with Crippen LogP contribution in [-0.4, -0.2) is 45.9 Å². The molecule has 108 valence electrons. The number of hydrogen-bond acceptors (Lipinski definition) is 3. The van der Waals surface area contributed by atoms with Crippen molar-refractivity contribution in [2.75, 3.05) is 19.7 Å². The van der Waals surface area contributed by atoms with Gasteiger partial charge in [0.2, 0.25) is 0 Å². The van der Waals surface area contributed by atoms with E-state index in [1.54, 1.807) is 16.9 Å². The van der Waals surface area contributed by atoms with Gasteiger partial charge in [0.05, 0.1) is 24.5 Å². The summed E-state index contributed by atoms with van der Waals surface area (Å²) >= 11 is 0. The molecule has 2 rings (SSSR count). The van der Waals surface area contributed by atoms with Crippen LogP contribution in [0, 0.1) is 0 Å². The maximum atomic E-state index is 12.4. The van der Waals surface area contributed by atoms with Crippen LogP contribution in [-0.2, 0) is 6.54 Å². The topological polar surface area (TPSA) is 41.3 Å². The maximum absolute atomic E-state index is 12.4. The lowest BCUT2D eigenvalue weighted by atomic mass is 10.3. The van der Waals surface area contributed by atoms with E-state index in [0.717, 1.165) is 5.69 Å². The van der Waals surface area contributed by atoms with E-state index in [1.807, 2.05) is 30.3 Å². The van der Waals surface area contributed by atoms with Crippen LogP contribution in [0.2, 0.25) is 0 Å². The molecule has 1 aromatic carbocycles. The Morgan fingerprint density at radius 3 is 2.60 bits per heavy atom. The highest BCUT2D eigenvalue weighted by atomic mass is 19.3. The number of benzene rings is 1. The van der Waals surface area contributed by atoms with E-state index >= 15 is 0 Å². The predicted octanol–water partition coefficient (Wildman–Crippen LogP) is 1.93. The maximum Gasteiger partial charge on any atom is 0.251 e. The molecule has 0 saturated carbocycles. The predicted molar refractivity (Wildman–Crippen MR) is 71.9 cm³/mol. The number of para-hydroxylation sites is 1. The molecule has 0 atom stereocenters. The summed E-state index contributed by atoms with van der Waals surface area (Å²) in [5.41, 5.74) is 1.62. The van der Waals surface area contributed by atoms with Crippen molar-refractivity contribution in [3.05, 3.63) is 48.3 Å². The molecule has 0 radical (unpaired) electrons. The van der Waals surface area contributed by atoms with Crippen LogP contribution in [0.1, 0.15) is 5.69 Å². The van der Waals surface area contributed by atoms with E-state index in [0.29, 0.717) is 12.2 Å². The zero-order chi connectivity index (χ0) is 14.4. The monoisotopic (exact) mass is 281 g/mol. The Balaban J connectivity index is 2.04. The molecule has 0 aliphatic rings. The molecule has 2 aromatic rings. The van der Waals surface area contributed by atoms with Crippen LogP contribution in [0.5, 0.6) is 0 Å². The van der Waals surface area contributed by atoms with E-state index in [2.05, 4.69) is 5.10 Å². The minimum Gasteiger partial charge on any atom is -0.395 e. The van der Waals surface area contributed by atoms with Crippen molar-refractivity contribution in [2.45, 2.75) is 13.0 Å². The van der Waals surface area contributed by atoms with Crippen molar-refractivity contribution < 1.29 is 13.9 Å². The quantitative estimate of drug-likeness (QED) is 0.843. The van der Waals surface area contributed by atoms with Gasteiger partial charge in [0.1, 0.15) is 0 Å². The molecular formula is C14H17F2N3O. The van der Waals surface area contributed by atoms with Gasteiger partial charge in [-0.2, -0.15) is 5.10 Å². The second kappa shape index (κ2) is 7.12. The Labute approximate surface area is 116 Å². The van der Waals surface area contributed by atoms with Crippen LogP contribution in [0.15, 0.2) is 42.6 Å². The van der Waals surface area contributed by atoms with E-state index in [4.69, 9.17) is 5.11 Å². The van der Waals surface area contributed by atoms with Gasteiger partial charge in [0.15, 0.2) is 0 Å². The van der Waals surface area contributed by atoms with E-state index in [-0.39, 0.29) is 19.7 Å². The molecule has 1 N–H and O–H groups in total. The normalized spacial score (nSPS) is 11.4. The summed E-state index contributed by atoms with van der Waals surface area (Å²) in [6, 6.07) is 11.4. The van der Waals surface area contributed by atoms with E-state index in [9.17, 15) is 8.78 Å². The number of nitrogens with zero attached hydrogens (tertiary/aromatic N) is 3. The van der Waals surface area contributed by atoms with Crippen molar-refractivity contribution in [1.29, 1.82) is 0 Å². The number of alkyl halides is 2. The third-order valence-corrected chi connectivity index (χ3v) is 2.86. The number of aliphatic hydroxyl groups is 1. The van der Waals surface area contributed by atoms with Gasteiger partial charge < -0.3 is 5.11 Å². The first-order valence-corrected chi connectivity index (χ1v) is 6.40. The first-order chi connectivity index (χ1) is 9.69. The van der Waals surface area contributed by atoms with Gasteiger partial charge >= 0.3 is 0 Å². The van der Waals surface area contributed by atoms with Gasteiger partial charge in [-0.25, -0.2) is 13.5 Å². The van der Waals surface area contributed by atoms with E-state index in [1.165, 1.54) is 4.90 Å². The van der Waals surface area contributed by atoms with Crippen molar-refractivity contribution in [1.82, 2.24) is 14.7 Å². The van der Waals surface area contributed by atoms with Crippen LogP contribution in [0.4, 0.5) is 8.78 Å². The zero-order valence-electron chi connectivity index (χ0n) is 11.0. The van der Waals surface area contributed by atoms with Crippen LogP contribution in [0.3, 0.4) is 0 Å². The molecule has 0 bridgehead atoms. The summed E-state index contributed by atoms with van der Waals surface area (Å²) in [6.45, 7) is -0.00184. The highest BCUT2D eigenvalue weighted by Gasteiger charge is 2.13. The fourth-order valence-electron chi connectivity index (χ4n) is 1.97. The van der Waals surface area contributed by atoms with Gasteiger partial charge in [0.25, 0.3) is 6.43 Å². The highest BCUT2D eigenvalue weighted by Crippen LogP contribution is 2.09. The molecule has 0 amide bonds. The number of hydrogen-bond donors (Lipinski definition) is 1. The summed E-state index contributed by atoms with van der Waals surface area (Å²) in [7, 11) is 0. The Kier molecular flexibility index (Phi) is 5.20. The van der Waals surface area contributed by atoms with Crippen molar-refractivity contribution >= 4 is 0 Å². The molecule has 6 heteroatoms. The molecule has 20 heavy (non-hydrogen) atoms. The average Bonchev–Trinajstić information content (AvgIpc) is 2.88. The zero-order valence-corrected chi connectivity index (χ0v) is 11.0. The van der Waals surface area contributed by atoms with Gasteiger partial charge in [-0.3, -0.25) is 4.90 Å². The molecule has 1 heterocycles. The van der Waals surface area contributed by atoms with Crippen LogP contribution < -0.4 is 0 Å². The van der Waals surface area contributed by atoms with Crippen LogP contribution >= 0.6 is 0 Å². The lowest BCUT2D eigenvalue weighted by molar-refractivity contribution is 0.0740. The molecule has 0 unspecified atom stereocenters. The second-order valence-electron chi connectivity index (χ2n) is 4.44. The number of aromatic nitrogens is 2. The summed E-state index contributed by atoms with van der Waals surface area (Å²) in [5, 5.41) is 13.3. The SMILES string of the molecule is OCCN(Cc1ccn(-c2ccccc2)n1)CC(F)F. The number of rotatable bonds is 7. The largest absolute Gasteiger partial charge is 0.395 e. The Morgan fingerprint density at radius 2 is 1.95 bits per heavy atom. The van der Waals surface area contributed by atoms with Crippen LogP contribution in [0.25, 0.3) is 5.69 Å². The first-order valence-electron chi connectivity index (χ1n) is 6.40. The Hall–Kier alpha value is -1.79. The third kappa shape index (κ3) is 4.11. The third-order valence-electron chi connectivity index (χ3n) is 2.86. The molecule has 4 nitrogen and oxygen atoms in total. The van der Waals surface area contributed by atoms with E-state index < -0.39 is 6.43 Å². The minimum atomic E-state index is -2.42. The van der Waals surface area contributed by atoms with Crippen molar-refractivity contribution in [2.24, 2.45) is 0 Å². The van der Waals surface area contributed by atoms with Gasteiger partial charge in [0, 0.05) is 19.3 Å². The molecule has 0 aliphatic carbocycles. The summed E-state index contributed by atoms with van der Waals surface area (Å²) < 4.78 is 26.6. The molecule has 0 spiro atoms. The molecule has 1 aromatic heterocycles. The lowest BCUT2D eigenvalue weighted by Gasteiger charge is -2.19. The highest BCUT2D eigenvalue weighted by molar-refractivity contribution is 5.30. The first kappa shape index (κ1) is 14.6. The lowest BCUT2D eigenvalue weighted by Crippen LogP contribution is -2.31. The average molecular weight is 281 g/mol. The van der Waals surface area contributed by atoms with Gasteiger partial charge in [-0.15, -0.1) is 0 Å². The Morgan fingerprint density at radius 1 is 1.20 bits per heavy atom. The van der Waals surface area contributed by atoms with Crippen molar-refractivity contribution in [3.8, 4) is 5.69 Å². The molecule has 0 saturated heterocycles. The number of aliphatic hydroxyl groups excluding tert-OH is 1. The summed E-state index contributed by atoms with van der Waals surface area (Å²) in [5.74, 6) is 0. The fourth-order valence-corrected chi connectivity index (χ4v) is 1.97. The smallest absolute Gasteiger partial charge is 0.251 e. The molecule has 0 aliphatic heterocycles. The summed E-state index contributed by atoms with van der Waals surface area (Å²) in [4.78, 5) is 1.49. The fraction of sp³-hybridized carbons (Fsp3) is 0.357. The minimum absolute atomic E-state index is 0.147. The Bertz CT molecular complexity index is 516. The van der Waals surface area contributed by atoms with Gasteiger partial charge in [-0.1, -0.05) is 18.2 Å².